The van der Waals surface area contributed by atoms with E-state index in [1.54, 1.807) is 6.07 Å². The van der Waals surface area contributed by atoms with E-state index in [-0.39, 0.29) is 17.5 Å². The number of anilines is 1. The lowest BCUT2D eigenvalue weighted by Gasteiger charge is -2.41. The van der Waals surface area contributed by atoms with Crippen LogP contribution in [0.2, 0.25) is 0 Å². The Bertz CT molecular complexity index is 1770. The van der Waals surface area contributed by atoms with Crippen molar-refractivity contribution in [2.75, 3.05) is 24.6 Å². The summed E-state index contributed by atoms with van der Waals surface area (Å²) >= 11 is 0. The van der Waals surface area contributed by atoms with Gasteiger partial charge < -0.3 is 24.2 Å². The lowest BCUT2D eigenvalue weighted by molar-refractivity contribution is -0.160. The van der Waals surface area contributed by atoms with Crippen molar-refractivity contribution in [2.45, 2.75) is 97.1 Å². The minimum absolute atomic E-state index is 0.0968. The monoisotopic (exact) mass is 644 g/mol. The molecule has 47 heavy (non-hydrogen) atoms. The Morgan fingerprint density at radius 2 is 1.85 bits per heavy atom. The van der Waals surface area contributed by atoms with Gasteiger partial charge in [0.15, 0.2) is 6.10 Å². The zero-order valence-electron chi connectivity index (χ0n) is 28.2. The standard InChI is InChI=1S/C37H45FN4O5/c1-23-10-7-8-19-45-37(6)15-17-41(18-16-37)33-31(32(34(43)44)47-36(3,4)5)24(2)39-35-40-29(22-42(33)35)26-12-9-11-25(20-26)28-14-13-27(38)21-30(28)46-23/h9,11-14,20-23,32H,7-8,10,15-19H2,1-6H3,(H,43,44)/t23-,32-/m0/s1. The summed E-state index contributed by atoms with van der Waals surface area (Å²) in [6.45, 7) is 13.5. The molecule has 10 heteroatoms. The highest BCUT2D eigenvalue weighted by Gasteiger charge is 2.37. The number of carboxylic acids is 1. The Hall–Kier alpha value is -4.02. The Morgan fingerprint density at radius 1 is 1.11 bits per heavy atom. The lowest BCUT2D eigenvalue weighted by atomic mass is 9.92. The zero-order chi connectivity index (χ0) is 33.5. The fraction of sp³-hybridized carbons (Fsp3) is 0.486. The van der Waals surface area contributed by atoms with Gasteiger partial charge in [0.1, 0.15) is 17.4 Å². The number of piperidine rings is 1. The van der Waals surface area contributed by atoms with Gasteiger partial charge in [0.05, 0.1) is 34.3 Å². The van der Waals surface area contributed by atoms with Gasteiger partial charge in [-0.3, -0.25) is 4.40 Å². The number of nitrogens with zero attached hydrogens (tertiary/aromatic N) is 4. The Labute approximate surface area is 275 Å². The average molecular weight is 645 g/mol. The van der Waals surface area contributed by atoms with Crippen LogP contribution >= 0.6 is 0 Å². The Kier molecular flexibility index (Phi) is 9.02. The third-order valence-corrected chi connectivity index (χ3v) is 9.09. The van der Waals surface area contributed by atoms with E-state index >= 15 is 0 Å². The number of aromatic nitrogens is 3. The topological polar surface area (TPSA) is 98.4 Å². The molecule has 7 rings (SSSR count). The van der Waals surface area contributed by atoms with Gasteiger partial charge in [0.2, 0.25) is 5.78 Å². The van der Waals surface area contributed by atoms with Gasteiger partial charge in [-0.05, 0) is 97.4 Å². The molecule has 4 aromatic rings. The molecule has 0 saturated carbocycles. The number of hydrogen-bond donors (Lipinski definition) is 1. The number of carbonyl (C=O) groups is 1. The molecule has 0 radical (unpaired) electrons. The van der Waals surface area contributed by atoms with Crippen LogP contribution in [0.1, 0.15) is 84.1 Å². The first kappa shape index (κ1) is 32.9. The van der Waals surface area contributed by atoms with Crippen molar-refractivity contribution >= 4 is 17.6 Å². The summed E-state index contributed by atoms with van der Waals surface area (Å²) in [6.07, 6.45) is 4.78. The van der Waals surface area contributed by atoms with Crippen LogP contribution < -0.4 is 9.64 Å². The third-order valence-electron chi connectivity index (χ3n) is 9.09. The molecule has 0 unspecified atom stereocenters. The van der Waals surface area contributed by atoms with Gasteiger partial charge in [-0.2, -0.15) is 0 Å². The highest BCUT2D eigenvalue weighted by atomic mass is 19.1. The van der Waals surface area contributed by atoms with Crippen LogP contribution in [0.4, 0.5) is 10.2 Å². The van der Waals surface area contributed by atoms with Crippen molar-refractivity contribution in [1.29, 1.82) is 0 Å². The van der Waals surface area contributed by atoms with Gasteiger partial charge >= 0.3 is 5.97 Å². The van der Waals surface area contributed by atoms with E-state index in [9.17, 15) is 14.3 Å². The quantitative estimate of drug-likeness (QED) is 0.242. The zero-order valence-corrected chi connectivity index (χ0v) is 28.2. The number of fused-ring (bicyclic) bond motifs is 8. The van der Waals surface area contributed by atoms with Crippen molar-refractivity contribution in [1.82, 2.24) is 14.4 Å². The van der Waals surface area contributed by atoms with Gasteiger partial charge in [-0.25, -0.2) is 19.2 Å². The van der Waals surface area contributed by atoms with Crippen LogP contribution in [0.5, 0.6) is 5.75 Å². The van der Waals surface area contributed by atoms with Crippen molar-refractivity contribution in [3.8, 4) is 28.1 Å². The molecule has 0 amide bonds. The molecule has 5 heterocycles. The largest absolute Gasteiger partial charge is 0.490 e. The molecule has 6 bridgehead atoms. The maximum Gasteiger partial charge on any atom is 0.337 e. The molecular weight excluding hydrogens is 599 g/mol. The lowest BCUT2D eigenvalue weighted by Crippen LogP contribution is -2.45. The van der Waals surface area contributed by atoms with Gasteiger partial charge in [-0.15, -0.1) is 0 Å². The Morgan fingerprint density at radius 3 is 2.57 bits per heavy atom. The summed E-state index contributed by atoms with van der Waals surface area (Å²) < 4.78 is 35.3. The molecule has 2 aromatic heterocycles. The minimum Gasteiger partial charge on any atom is -0.490 e. The van der Waals surface area contributed by atoms with E-state index in [1.165, 1.54) is 12.1 Å². The molecule has 3 aliphatic rings. The first-order valence-electron chi connectivity index (χ1n) is 16.6. The molecule has 2 atom stereocenters. The number of imidazole rings is 1. The normalized spacial score (nSPS) is 21.3. The number of aliphatic carboxylic acids is 1. The number of carboxylic acid groups (broad SMARTS) is 1. The fourth-order valence-electron chi connectivity index (χ4n) is 6.60. The summed E-state index contributed by atoms with van der Waals surface area (Å²) in [5.74, 6) is 0.260. The van der Waals surface area contributed by atoms with Crippen LogP contribution in [0.15, 0.2) is 48.7 Å². The number of benzene rings is 2. The van der Waals surface area contributed by atoms with E-state index in [0.29, 0.717) is 48.2 Å². The molecule has 3 aliphatic heterocycles. The van der Waals surface area contributed by atoms with Crippen molar-refractivity contribution < 1.29 is 28.5 Å². The highest BCUT2D eigenvalue weighted by Crippen LogP contribution is 2.39. The summed E-state index contributed by atoms with van der Waals surface area (Å²) in [6, 6.07) is 12.6. The van der Waals surface area contributed by atoms with Crippen molar-refractivity contribution in [2.24, 2.45) is 0 Å². The second-order valence-electron chi connectivity index (χ2n) is 14.1. The first-order chi connectivity index (χ1) is 22.3. The van der Waals surface area contributed by atoms with Crippen molar-refractivity contribution in [3.63, 3.8) is 0 Å². The molecule has 0 aliphatic carbocycles. The summed E-state index contributed by atoms with van der Waals surface area (Å²) in [5.41, 5.74) is 3.25. The predicted octanol–water partition coefficient (Wildman–Crippen LogP) is 7.78. The molecule has 2 aromatic carbocycles. The van der Waals surface area contributed by atoms with Crippen LogP contribution in [0.25, 0.3) is 28.2 Å². The SMILES string of the molecule is Cc1nc2nc3cn2c(c1[C@H](OC(C)(C)C)C(=O)O)N1CCC(C)(CC1)OCCCC[C@H](C)Oc1cc(F)ccc1-c1cccc-3c1. The number of halogens is 1. The van der Waals surface area contributed by atoms with Gasteiger partial charge in [-0.1, -0.05) is 18.2 Å². The second kappa shape index (κ2) is 12.9. The third kappa shape index (κ3) is 7.13. The summed E-state index contributed by atoms with van der Waals surface area (Å²) in [4.78, 5) is 24.8. The molecule has 250 valence electrons. The number of ether oxygens (including phenoxy) is 3. The molecule has 1 saturated heterocycles. The van der Waals surface area contributed by atoms with Gasteiger partial charge in [0.25, 0.3) is 0 Å². The van der Waals surface area contributed by atoms with E-state index in [4.69, 9.17) is 24.2 Å². The summed E-state index contributed by atoms with van der Waals surface area (Å²) in [5, 5.41) is 10.5. The molecule has 1 N–H and O–H groups in total. The molecule has 9 nitrogen and oxygen atoms in total. The number of rotatable bonds is 3. The molecule has 0 spiro atoms. The minimum atomic E-state index is -1.23. The van der Waals surface area contributed by atoms with Crippen LogP contribution in [0.3, 0.4) is 0 Å². The van der Waals surface area contributed by atoms with Crippen LogP contribution in [-0.4, -0.2) is 62.4 Å². The summed E-state index contributed by atoms with van der Waals surface area (Å²) in [7, 11) is 0. The Balaban J connectivity index is 1.53. The van der Waals surface area contributed by atoms with E-state index in [2.05, 4.69) is 11.8 Å². The number of hydrogen-bond acceptors (Lipinski definition) is 7. The van der Waals surface area contributed by atoms with E-state index in [1.807, 2.05) is 69.5 Å². The molecule has 1 fully saturated rings. The maximum absolute atomic E-state index is 14.5. The van der Waals surface area contributed by atoms with Crippen LogP contribution in [0, 0.1) is 12.7 Å². The van der Waals surface area contributed by atoms with Crippen LogP contribution in [-0.2, 0) is 14.3 Å². The molecular formula is C37H45FN4O5. The van der Waals surface area contributed by atoms with Gasteiger partial charge in [0, 0.05) is 43.1 Å². The maximum atomic E-state index is 14.5. The number of aryl methyl sites for hydroxylation is 1. The van der Waals surface area contributed by atoms with E-state index in [0.717, 1.165) is 54.6 Å². The first-order valence-corrected chi connectivity index (χ1v) is 16.6. The second-order valence-corrected chi connectivity index (χ2v) is 14.1. The smallest absolute Gasteiger partial charge is 0.337 e. The van der Waals surface area contributed by atoms with Crippen molar-refractivity contribution in [3.05, 3.63) is 65.7 Å². The average Bonchev–Trinajstić information content (AvgIpc) is 3.43. The van der Waals surface area contributed by atoms with E-state index < -0.39 is 17.7 Å². The fourth-order valence-corrected chi connectivity index (χ4v) is 6.60. The highest BCUT2D eigenvalue weighted by molar-refractivity contribution is 5.79. The predicted molar refractivity (Wildman–Crippen MR) is 180 cm³/mol.